The number of fused-ring (bicyclic) bond motifs is 2. The smallest absolute Gasteiger partial charge is 0.339 e. The summed E-state index contributed by atoms with van der Waals surface area (Å²) in [6.45, 7) is 1.59. The molecule has 1 aliphatic heterocycles. The highest BCUT2D eigenvalue weighted by Crippen LogP contribution is 2.30. The zero-order chi connectivity index (χ0) is 24.2. The molecule has 1 aliphatic rings. The minimum Gasteiger partial charge on any atom is -0.465 e. The van der Waals surface area contributed by atoms with E-state index in [1.807, 2.05) is 24.3 Å². The predicted octanol–water partition coefficient (Wildman–Crippen LogP) is 4.71. The van der Waals surface area contributed by atoms with Crippen LogP contribution in [0.5, 0.6) is 0 Å². The van der Waals surface area contributed by atoms with Crippen LogP contribution in [-0.4, -0.2) is 41.3 Å². The van der Waals surface area contributed by atoms with Crippen molar-refractivity contribution in [3.8, 4) is 0 Å². The Morgan fingerprint density at radius 1 is 0.971 bits per heavy atom. The topological polar surface area (TPSA) is 84.4 Å². The first-order chi connectivity index (χ1) is 17.1. The number of rotatable bonds is 6. The number of thioether (sulfide) groups is 1. The second-order valence-electron chi connectivity index (χ2n) is 8.16. The van der Waals surface area contributed by atoms with Gasteiger partial charge in [-0.3, -0.25) is 4.79 Å². The monoisotopic (exact) mass is 484 g/mol. The molecule has 0 unspecified atom stereocenters. The zero-order valence-electron chi connectivity index (χ0n) is 19.2. The molecule has 4 aromatic rings. The maximum atomic E-state index is 12.8. The predicted molar refractivity (Wildman–Crippen MR) is 138 cm³/mol. The molecule has 176 valence electrons. The fraction of sp³-hybridized carbons (Fsp3) is 0.185. The summed E-state index contributed by atoms with van der Waals surface area (Å²) in [5, 5.41) is 4.47. The van der Waals surface area contributed by atoms with Crippen LogP contribution in [0.25, 0.3) is 10.9 Å². The summed E-state index contributed by atoms with van der Waals surface area (Å²) >= 11 is 1.36. The van der Waals surface area contributed by atoms with E-state index in [-0.39, 0.29) is 11.7 Å². The van der Waals surface area contributed by atoms with Crippen LogP contribution in [0.2, 0.25) is 0 Å². The van der Waals surface area contributed by atoms with E-state index < -0.39 is 5.97 Å². The number of hydrogen-bond donors (Lipinski definition) is 1. The molecule has 0 radical (unpaired) electrons. The third-order valence-electron chi connectivity index (χ3n) is 5.92. The normalized spacial score (nSPS) is 12.8. The van der Waals surface area contributed by atoms with E-state index in [0.717, 1.165) is 35.4 Å². The van der Waals surface area contributed by atoms with E-state index in [2.05, 4.69) is 34.5 Å². The fourth-order valence-electron chi connectivity index (χ4n) is 4.15. The first-order valence-electron chi connectivity index (χ1n) is 11.3. The first-order valence-corrected chi connectivity index (χ1v) is 12.3. The third kappa shape index (κ3) is 4.97. The van der Waals surface area contributed by atoms with Gasteiger partial charge in [-0.05, 0) is 35.7 Å². The summed E-state index contributed by atoms with van der Waals surface area (Å²) in [4.78, 5) is 36.6. The molecule has 7 nitrogen and oxygen atoms in total. The lowest BCUT2D eigenvalue weighted by molar-refractivity contribution is -0.113. The minimum absolute atomic E-state index is 0.138. The molecule has 1 aromatic heterocycles. The summed E-state index contributed by atoms with van der Waals surface area (Å²) in [5.74, 6) is 0.0708. The molecular weight excluding hydrogens is 460 g/mol. The van der Waals surface area contributed by atoms with Gasteiger partial charge < -0.3 is 15.0 Å². The van der Waals surface area contributed by atoms with E-state index in [9.17, 15) is 9.59 Å². The Hall–Kier alpha value is -3.91. The number of aromatic nitrogens is 2. The summed E-state index contributed by atoms with van der Waals surface area (Å²) in [5.41, 5.74) is 4.23. The zero-order valence-corrected chi connectivity index (χ0v) is 20.0. The number of para-hydroxylation sites is 2. The molecule has 0 atom stereocenters. The molecule has 8 heteroatoms. The van der Waals surface area contributed by atoms with Crippen LogP contribution in [0, 0.1) is 0 Å². The van der Waals surface area contributed by atoms with Crippen molar-refractivity contribution in [3.63, 3.8) is 0 Å². The van der Waals surface area contributed by atoms with Gasteiger partial charge in [-0.2, -0.15) is 0 Å². The summed E-state index contributed by atoms with van der Waals surface area (Å²) in [6.07, 6.45) is 0.941. The Morgan fingerprint density at radius 2 is 1.71 bits per heavy atom. The highest BCUT2D eigenvalue weighted by atomic mass is 32.2. The van der Waals surface area contributed by atoms with Crippen molar-refractivity contribution in [3.05, 3.63) is 89.5 Å². The summed E-state index contributed by atoms with van der Waals surface area (Å²) < 4.78 is 4.81. The largest absolute Gasteiger partial charge is 0.465 e. The second-order valence-corrected chi connectivity index (χ2v) is 9.12. The lowest BCUT2D eigenvalue weighted by atomic mass is 10.0. The summed E-state index contributed by atoms with van der Waals surface area (Å²) in [7, 11) is 1.32. The maximum Gasteiger partial charge on any atom is 0.339 e. The van der Waals surface area contributed by atoms with Gasteiger partial charge in [0.15, 0.2) is 0 Å². The van der Waals surface area contributed by atoms with Crippen molar-refractivity contribution >= 4 is 46.2 Å². The van der Waals surface area contributed by atoms with Crippen LogP contribution in [0.1, 0.15) is 21.5 Å². The van der Waals surface area contributed by atoms with Crippen LogP contribution in [0.15, 0.2) is 77.8 Å². The van der Waals surface area contributed by atoms with Crippen LogP contribution < -0.4 is 10.2 Å². The quantitative estimate of drug-likeness (QED) is 0.241. The van der Waals surface area contributed by atoms with E-state index >= 15 is 0 Å². The molecular formula is C27H24N4O3S. The third-order valence-corrected chi connectivity index (χ3v) is 6.91. The number of nitrogens with zero attached hydrogens (tertiary/aromatic N) is 3. The molecule has 1 amide bonds. The number of carbonyl (C=O) groups excluding carboxylic acids is 2. The molecule has 0 bridgehead atoms. The summed E-state index contributed by atoms with van der Waals surface area (Å²) in [6, 6.07) is 23.1. The number of anilines is 2. The number of hydrogen-bond acceptors (Lipinski definition) is 7. The Morgan fingerprint density at radius 3 is 2.57 bits per heavy atom. The molecule has 2 heterocycles. The van der Waals surface area contributed by atoms with Gasteiger partial charge in [-0.1, -0.05) is 66.4 Å². The van der Waals surface area contributed by atoms with Crippen LogP contribution in [-0.2, 0) is 22.5 Å². The Labute approximate surface area is 207 Å². The first kappa shape index (κ1) is 22.9. The molecule has 0 saturated heterocycles. The number of nitrogens with one attached hydrogen (secondary N) is 1. The molecule has 0 spiro atoms. The molecule has 5 rings (SSSR count). The second kappa shape index (κ2) is 10.1. The van der Waals surface area contributed by atoms with Gasteiger partial charge in [0.1, 0.15) is 5.03 Å². The van der Waals surface area contributed by atoms with Gasteiger partial charge in [0, 0.05) is 18.5 Å². The highest BCUT2D eigenvalue weighted by molar-refractivity contribution is 8.00. The number of benzene rings is 3. The van der Waals surface area contributed by atoms with Crippen molar-refractivity contribution in [1.82, 2.24) is 9.97 Å². The average Bonchev–Trinajstić information content (AvgIpc) is 2.91. The van der Waals surface area contributed by atoms with Crippen LogP contribution in [0.3, 0.4) is 0 Å². The van der Waals surface area contributed by atoms with Crippen molar-refractivity contribution in [1.29, 1.82) is 0 Å². The van der Waals surface area contributed by atoms with Crippen LogP contribution in [0.4, 0.5) is 11.6 Å². The van der Waals surface area contributed by atoms with Crippen molar-refractivity contribution in [2.24, 2.45) is 0 Å². The maximum absolute atomic E-state index is 12.8. The lowest BCUT2D eigenvalue weighted by Crippen LogP contribution is -2.31. The van der Waals surface area contributed by atoms with E-state index in [1.54, 1.807) is 24.3 Å². The number of esters is 1. The Kier molecular flexibility index (Phi) is 6.63. The molecule has 0 fully saturated rings. The van der Waals surface area contributed by atoms with Gasteiger partial charge in [0.2, 0.25) is 11.9 Å². The van der Waals surface area contributed by atoms with Crippen molar-refractivity contribution in [2.45, 2.75) is 18.0 Å². The van der Waals surface area contributed by atoms with Gasteiger partial charge in [0.25, 0.3) is 0 Å². The number of ether oxygens (including phenoxy) is 1. The molecule has 3 aromatic carbocycles. The van der Waals surface area contributed by atoms with Gasteiger partial charge in [-0.15, -0.1) is 0 Å². The lowest BCUT2D eigenvalue weighted by Gasteiger charge is -2.29. The highest BCUT2D eigenvalue weighted by Gasteiger charge is 2.20. The minimum atomic E-state index is -0.497. The number of methoxy groups -OCH3 is 1. The Balaban J connectivity index is 1.36. The van der Waals surface area contributed by atoms with Crippen molar-refractivity contribution in [2.75, 3.05) is 29.6 Å². The van der Waals surface area contributed by atoms with E-state index in [1.165, 1.54) is 30.0 Å². The SMILES string of the molecule is COC(=O)c1ccccc1NC(=O)CSc1nc(N2CCc3ccccc3C2)nc2ccccc12. The molecule has 35 heavy (non-hydrogen) atoms. The van der Waals surface area contributed by atoms with Crippen molar-refractivity contribution < 1.29 is 14.3 Å². The van der Waals surface area contributed by atoms with Gasteiger partial charge in [0.05, 0.1) is 29.6 Å². The number of amides is 1. The molecule has 1 N–H and O–H groups in total. The molecule has 0 saturated carbocycles. The average molecular weight is 485 g/mol. The number of carbonyl (C=O) groups is 2. The van der Waals surface area contributed by atoms with E-state index in [4.69, 9.17) is 14.7 Å². The molecule has 0 aliphatic carbocycles. The van der Waals surface area contributed by atoms with E-state index in [0.29, 0.717) is 17.2 Å². The van der Waals surface area contributed by atoms with Gasteiger partial charge in [-0.25, -0.2) is 14.8 Å². The standard InChI is InChI=1S/C27H24N4O3S/c1-34-26(33)21-11-5-7-13-23(21)28-24(32)17-35-25-20-10-4-6-12-22(20)29-27(30-25)31-15-14-18-8-2-3-9-19(18)16-31/h2-13H,14-17H2,1H3,(H,28,32). The fourth-order valence-corrected chi connectivity index (χ4v) is 4.97. The van der Waals surface area contributed by atoms with Crippen LogP contribution >= 0.6 is 11.8 Å². The Bertz CT molecular complexity index is 1410. The van der Waals surface area contributed by atoms with Gasteiger partial charge >= 0.3 is 5.97 Å².